The van der Waals surface area contributed by atoms with E-state index in [9.17, 15) is 9.18 Å². The Bertz CT molecular complexity index is 1510. The molecule has 5 aromatic heterocycles. The van der Waals surface area contributed by atoms with Crippen LogP contribution >= 0.6 is 11.6 Å². The van der Waals surface area contributed by atoms with Gasteiger partial charge in [0.05, 0.1) is 41.8 Å². The van der Waals surface area contributed by atoms with Crippen molar-refractivity contribution in [3.8, 4) is 0 Å². The zero-order chi connectivity index (χ0) is 22.5. The van der Waals surface area contributed by atoms with E-state index in [0.717, 1.165) is 11.3 Å². The summed E-state index contributed by atoms with van der Waals surface area (Å²) in [6.07, 6.45) is 12.8. The van der Waals surface area contributed by atoms with E-state index in [1.807, 2.05) is 16.7 Å². The van der Waals surface area contributed by atoms with Gasteiger partial charge in [-0.25, -0.2) is 14.4 Å². The van der Waals surface area contributed by atoms with Gasteiger partial charge in [-0.05, 0) is 36.5 Å². The molecule has 0 aliphatic heterocycles. The Labute approximate surface area is 192 Å². The highest BCUT2D eigenvalue weighted by Gasteiger charge is 2.23. The molecule has 1 fully saturated rings. The summed E-state index contributed by atoms with van der Waals surface area (Å²) in [7, 11) is 0. The standard InChI is InChI=1S/C23H19ClFN7O/c24-17-5-19(25)20-7-26-22(32(20)11-17)8-27-23(33)16-6-28-31(10-16)13-18-12-30-9-15(14-1-2-14)3-4-21(30)29-18/h3-7,9-12,14H,1-2,8,13H2,(H,27,33). The van der Waals surface area contributed by atoms with Crippen LogP contribution in [0.1, 0.15) is 46.2 Å². The molecule has 1 amide bonds. The van der Waals surface area contributed by atoms with Gasteiger partial charge >= 0.3 is 0 Å². The van der Waals surface area contributed by atoms with Crippen molar-refractivity contribution >= 4 is 28.7 Å². The highest BCUT2D eigenvalue weighted by atomic mass is 35.5. The molecule has 0 aromatic carbocycles. The minimum Gasteiger partial charge on any atom is -0.345 e. The highest BCUT2D eigenvalue weighted by molar-refractivity contribution is 6.30. The van der Waals surface area contributed by atoms with Gasteiger partial charge in [-0.1, -0.05) is 17.7 Å². The lowest BCUT2D eigenvalue weighted by Gasteiger charge is -2.04. The number of nitrogens with zero attached hydrogens (tertiary/aromatic N) is 6. The number of rotatable bonds is 6. The van der Waals surface area contributed by atoms with Crippen LogP contribution in [0, 0.1) is 5.82 Å². The van der Waals surface area contributed by atoms with Gasteiger partial charge in [-0.15, -0.1) is 0 Å². The second-order valence-corrected chi connectivity index (χ2v) is 8.72. The maximum Gasteiger partial charge on any atom is 0.254 e. The summed E-state index contributed by atoms with van der Waals surface area (Å²) in [5.41, 5.74) is 3.82. The minimum atomic E-state index is -0.468. The van der Waals surface area contributed by atoms with Gasteiger partial charge in [0.2, 0.25) is 0 Å². The first-order valence-electron chi connectivity index (χ1n) is 10.6. The quantitative estimate of drug-likeness (QED) is 0.415. The van der Waals surface area contributed by atoms with E-state index in [4.69, 9.17) is 11.6 Å². The van der Waals surface area contributed by atoms with Crippen LogP contribution in [0.25, 0.3) is 11.2 Å². The summed E-state index contributed by atoms with van der Waals surface area (Å²) in [4.78, 5) is 21.4. The topological polar surface area (TPSA) is 81.5 Å². The number of fused-ring (bicyclic) bond motifs is 2. The highest BCUT2D eigenvalue weighted by Crippen LogP contribution is 2.39. The van der Waals surface area contributed by atoms with Crippen LogP contribution < -0.4 is 5.32 Å². The second kappa shape index (κ2) is 7.70. The monoisotopic (exact) mass is 463 g/mol. The fourth-order valence-electron chi connectivity index (χ4n) is 4.00. The average Bonchev–Trinajstić information content (AvgIpc) is 3.20. The van der Waals surface area contributed by atoms with E-state index in [1.54, 1.807) is 17.1 Å². The number of amides is 1. The SMILES string of the molecule is O=C(NCc1ncc2c(F)cc(Cl)cn12)c1cnn(Cc2cn3cc(C4CC4)ccc3n2)c1. The molecule has 166 valence electrons. The molecule has 0 radical (unpaired) electrons. The lowest BCUT2D eigenvalue weighted by atomic mass is 10.2. The molecule has 0 unspecified atom stereocenters. The fraction of sp³-hybridized carbons (Fsp3) is 0.217. The number of hydrogen-bond donors (Lipinski definition) is 1. The summed E-state index contributed by atoms with van der Waals surface area (Å²) in [6, 6.07) is 5.41. The number of pyridine rings is 2. The zero-order valence-electron chi connectivity index (χ0n) is 17.4. The van der Waals surface area contributed by atoms with Crippen LogP contribution in [0.5, 0.6) is 0 Å². The van der Waals surface area contributed by atoms with E-state index >= 15 is 0 Å². The van der Waals surface area contributed by atoms with Crippen LogP contribution in [0.15, 0.2) is 55.4 Å². The Balaban J connectivity index is 1.14. The molecule has 1 aliphatic rings. The van der Waals surface area contributed by atoms with Crippen molar-refractivity contribution in [1.29, 1.82) is 0 Å². The molecule has 6 rings (SSSR count). The maximum absolute atomic E-state index is 14.0. The van der Waals surface area contributed by atoms with E-state index in [2.05, 4.69) is 32.6 Å². The molecule has 1 N–H and O–H groups in total. The molecule has 1 saturated carbocycles. The first-order valence-corrected chi connectivity index (χ1v) is 11.0. The number of imidazole rings is 2. The number of aromatic nitrogens is 6. The Morgan fingerprint density at radius 1 is 1.18 bits per heavy atom. The molecule has 1 aliphatic carbocycles. The number of nitrogens with one attached hydrogen (secondary N) is 1. The van der Waals surface area contributed by atoms with Crippen LogP contribution in [0.2, 0.25) is 5.02 Å². The van der Waals surface area contributed by atoms with Gasteiger partial charge < -0.3 is 9.72 Å². The van der Waals surface area contributed by atoms with Gasteiger partial charge in [-0.3, -0.25) is 13.9 Å². The number of hydrogen-bond acceptors (Lipinski definition) is 4. The van der Waals surface area contributed by atoms with Crippen molar-refractivity contribution in [3.63, 3.8) is 0 Å². The van der Waals surface area contributed by atoms with Gasteiger partial charge in [0.25, 0.3) is 5.91 Å². The second-order valence-electron chi connectivity index (χ2n) is 8.28. The third-order valence-electron chi connectivity index (χ3n) is 5.83. The van der Waals surface area contributed by atoms with Crippen LogP contribution in [-0.2, 0) is 13.1 Å². The maximum atomic E-state index is 14.0. The molecule has 5 heterocycles. The number of halogens is 2. The summed E-state index contributed by atoms with van der Waals surface area (Å²) in [6.45, 7) is 0.574. The predicted octanol–water partition coefficient (Wildman–Crippen LogP) is 3.83. The largest absolute Gasteiger partial charge is 0.345 e. The van der Waals surface area contributed by atoms with Gasteiger partial charge in [0.15, 0.2) is 0 Å². The van der Waals surface area contributed by atoms with Gasteiger partial charge in [0, 0.05) is 24.8 Å². The smallest absolute Gasteiger partial charge is 0.254 e. The summed E-state index contributed by atoms with van der Waals surface area (Å²) >= 11 is 5.94. The van der Waals surface area contributed by atoms with Crippen molar-refractivity contribution in [1.82, 2.24) is 33.9 Å². The molecule has 0 bridgehead atoms. The van der Waals surface area contributed by atoms with Crippen molar-refractivity contribution < 1.29 is 9.18 Å². The molecule has 0 atom stereocenters. The fourth-order valence-corrected chi connectivity index (χ4v) is 4.19. The molecule has 10 heteroatoms. The third kappa shape index (κ3) is 3.84. The molecular weight excluding hydrogens is 445 g/mol. The first kappa shape index (κ1) is 19.9. The van der Waals surface area contributed by atoms with Crippen molar-refractivity contribution in [3.05, 3.63) is 88.9 Å². The molecule has 0 spiro atoms. The number of carbonyl (C=O) groups excluding carboxylic acids is 1. The van der Waals surface area contributed by atoms with E-state index in [0.29, 0.717) is 29.4 Å². The lowest BCUT2D eigenvalue weighted by molar-refractivity contribution is 0.0949. The van der Waals surface area contributed by atoms with Gasteiger partial charge in [-0.2, -0.15) is 5.10 Å². The van der Waals surface area contributed by atoms with Crippen molar-refractivity contribution in [2.45, 2.75) is 31.8 Å². The summed E-state index contributed by atoms with van der Waals surface area (Å²) < 4.78 is 19.2. The Kier molecular flexibility index (Phi) is 4.65. The van der Waals surface area contributed by atoms with Gasteiger partial charge in [0.1, 0.15) is 22.8 Å². The molecule has 8 nitrogen and oxygen atoms in total. The summed E-state index contributed by atoms with van der Waals surface area (Å²) in [5.74, 6) is 0.389. The van der Waals surface area contributed by atoms with Crippen LogP contribution in [-0.4, -0.2) is 34.5 Å². The van der Waals surface area contributed by atoms with Crippen LogP contribution in [0.4, 0.5) is 4.39 Å². The van der Waals surface area contributed by atoms with Crippen molar-refractivity contribution in [2.24, 2.45) is 0 Å². The molecule has 33 heavy (non-hydrogen) atoms. The predicted molar refractivity (Wildman–Crippen MR) is 120 cm³/mol. The first-order chi connectivity index (χ1) is 16.0. The zero-order valence-corrected chi connectivity index (χ0v) is 18.2. The lowest BCUT2D eigenvalue weighted by Crippen LogP contribution is -2.23. The molecular formula is C23H19ClFN7O. The normalized spacial score (nSPS) is 13.8. The van der Waals surface area contributed by atoms with Crippen LogP contribution in [0.3, 0.4) is 0 Å². The Hall–Kier alpha value is -3.72. The third-order valence-corrected chi connectivity index (χ3v) is 6.04. The average molecular weight is 464 g/mol. The van der Waals surface area contributed by atoms with Crippen molar-refractivity contribution in [2.75, 3.05) is 0 Å². The minimum absolute atomic E-state index is 0.119. The van der Waals surface area contributed by atoms with E-state index in [-0.39, 0.29) is 17.5 Å². The Morgan fingerprint density at radius 3 is 2.91 bits per heavy atom. The molecule has 5 aromatic rings. The molecule has 0 saturated heterocycles. The van der Waals surface area contributed by atoms with E-state index in [1.165, 1.54) is 41.3 Å². The number of carbonyl (C=O) groups is 1. The van der Waals surface area contributed by atoms with E-state index < -0.39 is 5.82 Å². The summed E-state index contributed by atoms with van der Waals surface area (Å²) in [5, 5.41) is 7.34. The Morgan fingerprint density at radius 2 is 2.06 bits per heavy atom.